The van der Waals surface area contributed by atoms with Crippen molar-refractivity contribution in [3.63, 3.8) is 0 Å². The lowest BCUT2D eigenvalue weighted by atomic mass is 10.1. The Hall–Kier alpha value is -2.94. The highest BCUT2D eigenvalue weighted by atomic mass is 19.1. The van der Waals surface area contributed by atoms with Gasteiger partial charge in [0.25, 0.3) is 0 Å². The van der Waals surface area contributed by atoms with E-state index in [1.54, 1.807) is 12.1 Å². The highest BCUT2D eigenvalue weighted by molar-refractivity contribution is 5.75. The standard InChI is InChI=1S/C30H40FNO/c1-2-3-4-5-6-7-8-9-10-11-12-13-14-15-16-17-18-19-20-21-30(33)32-27-26-28-22-24-29(31)25-23-28/h3-4,6-7,9-10,12-13,15-16,18-19,22-25H,2,5,8,11,14,17,20-21,26-27H2,1H3,(H,32,33)/b4-3+,7-6+,10-9+,13-12+,16-15+,19-18+. The monoisotopic (exact) mass is 449 g/mol. The fourth-order valence-electron chi connectivity index (χ4n) is 2.94. The maximum atomic E-state index is 12.9. The predicted molar refractivity (Wildman–Crippen MR) is 141 cm³/mol. The fourth-order valence-corrected chi connectivity index (χ4v) is 2.94. The Kier molecular flexibility index (Phi) is 17.8. The molecule has 0 saturated carbocycles. The molecule has 0 aliphatic rings. The Labute approximate surface area is 200 Å². The van der Waals surface area contributed by atoms with E-state index in [9.17, 15) is 9.18 Å². The molecule has 0 atom stereocenters. The van der Waals surface area contributed by atoms with Crippen molar-refractivity contribution >= 4 is 5.91 Å². The lowest BCUT2D eigenvalue weighted by Gasteiger charge is -2.04. The van der Waals surface area contributed by atoms with Gasteiger partial charge in [0, 0.05) is 13.0 Å². The Balaban J connectivity index is 1.97. The zero-order valence-corrected chi connectivity index (χ0v) is 20.1. The molecular formula is C30H40FNO. The van der Waals surface area contributed by atoms with Gasteiger partial charge in [0.1, 0.15) is 5.82 Å². The molecular weight excluding hydrogens is 409 g/mol. The summed E-state index contributed by atoms with van der Waals surface area (Å²) < 4.78 is 12.9. The molecule has 0 bridgehead atoms. The summed E-state index contributed by atoms with van der Waals surface area (Å²) in [6.07, 6.45) is 34.0. The number of hydrogen-bond donors (Lipinski definition) is 1. The minimum atomic E-state index is -0.237. The molecule has 1 aromatic rings. The zero-order valence-electron chi connectivity index (χ0n) is 20.1. The van der Waals surface area contributed by atoms with E-state index < -0.39 is 0 Å². The average molecular weight is 450 g/mol. The molecule has 1 amide bonds. The van der Waals surface area contributed by atoms with Gasteiger partial charge in [0.2, 0.25) is 5.91 Å². The molecule has 178 valence electrons. The van der Waals surface area contributed by atoms with Gasteiger partial charge in [-0.25, -0.2) is 4.39 Å². The topological polar surface area (TPSA) is 29.1 Å². The first-order chi connectivity index (χ1) is 16.2. The Morgan fingerprint density at radius 2 is 1.18 bits per heavy atom. The summed E-state index contributed by atoms with van der Waals surface area (Å²) in [5, 5.41) is 2.91. The van der Waals surface area contributed by atoms with Crippen LogP contribution in [0.3, 0.4) is 0 Å². The van der Waals surface area contributed by atoms with Crippen LogP contribution in [0.15, 0.2) is 97.2 Å². The van der Waals surface area contributed by atoms with Crippen molar-refractivity contribution in [2.45, 2.75) is 64.7 Å². The number of amides is 1. The lowest BCUT2D eigenvalue weighted by molar-refractivity contribution is -0.120. The van der Waals surface area contributed by atoms with Crippen LogP contribution in [0.4, 0.5) is 4.39 Å². The number of nitrogens with one attached hydrogen (secondary N) is 1. The molecule has 0 saturated heterocycles. The van der Waals surface area contributed by atoms with E-state index in [0.29, 0.717) is 19.4 Å². The molecule has 0 spiro atoms. The van der Waals surface area contributed by atoms with Crippen LogP contribution >= 0.6 is 0 Å². The van der Waals surface area contributed by atoms with Crippen molar-refractivity contribution in [1.29, 1.82) is 0 Å². The summed E-state index contributed by atoms with van der Waals surface area (Å²) in [5.74, 6) is -0.184. The Bertz CT molecular complexity index is 797. The molecule has 0 aliphatic carbocycles. The number of carbonyl (C=O) groups is 1. The first kappa shape index (κ1) is 28.1. The Morgan fingerprint density at radius 3 is 1.67 bits per heavy atom. The van der Waals surface area contributed by atoms with Crippen molar-refractivity contribution in [1.82, 2.24) is 5.32 Å². The van der Waals surface area contributed by atoms with Gasteiger partial charge in [0.05, 0.1) is 0 Å². The van der Waals surface area contributed by atoms with Crippen LogP contribution in [-0.2, 0) is 11.2 Å². The molecule has 3 heteroatoms. The van der Waals surface area contributed by atoms with Crippen LogP contribution in [0.1, 0.15) is 63.9 Å². The summed E-state index contributed by atoms with van der Waals surface area (Å²) in [7, 11) is 0. The van der Waals surface area contributed by atoms with E-state index in [-0.39, 0.29) is 11.7 Å². The molecule has 1 N–H and O–H groups in total. The molecule has 0 fully saturated rings. The largest absolute Gasteiger partial charge is 0.356 e. The Morgan fingerprint density at radius 1 is 0.727 bits per heavy atom. The maximum Gasteiger partial charge on any atom is 0.220 e. The number of benzene rings is 1. The normalized spacial score (nSPS) is 12.5. The van der Waals surface area contributed by atoms with E-state index in [2.05, 4.69) is 85.2 Å². The summed E-state index contributed by atoms with van der Waals surface area (Å²) in [4.78, 5) is 11.8. The van der Waals surface area contributed by atoms with Crippen LogP contribution < -0.4 is 5.32 Å². The van der Waals surface area contributed by atoms with E-state index >= 15 is 0 Å². The molecule has 33 heavy (non-hydrogen) atoms. The molecule has 1 aromatic carbocycles. The highest BCUT2D eigenvalue weighted by Crippen LogP contribution is 2.03. The van der Waals surface area contributed by atoms with E-state index in [1.165, 1.54) is 12.1 Å². The van der Waals surface area contributed by atoms with Crippen molar-refractivity contribution in [3.8, 4) is 0 Å². The van der Waals surface area contributed by atoms with Gasteiger partial charge in [-0.15, -0.1) is 0 Å². The summed E-state index contributed by atoms with van der Waals surface area (Å²) in [6, 6.07) is 6.38. The first-order valence-electron chi connectivity index (χ1n) is 12.1. The smallest absolute Gasteiger partial charge is 0.220 e. The molecule has 1 rings (SSSR count). The van der Waals surface area contributed by atoms with Crippen molar-refractivity contribution in [3.05, 3.63) is 109 Å². The second-order valence-electron chi connectivity index (χ2n) is 7.68. The number of rotatable bonds is 17. The second kappa shape index (κ2) is 20.9. The van der Waals surface area contributed by atoms with Crippen LogP contribution in [-0.4, -0.2) is 12.5 Å². The van der Waals surface area contributed by atoms with Crippen LogP contribution in [0.5, 0.6) is 0 Å². The van der Waals surface area contributed by atoms with E-state index in [1.807, 2.05) is 0 Å². The van der Waals surface area contributed by atoms with Gasteiger partial charge in [-0.05, 0) is 69.1 Å². The summed E-state index contributed by atoms with van der Waals surface area (Å²) in [5.41, 5.74) is 1.02. The highest BCUT2D eigenvalue weighted by Gasteiger charge is 1.99. The maximum absolute atomic E-state index is 12.9. The van der Waals surface area contributed by atoms with Gasteiger partial charge in [-0.1, -0.05) is 92.0 Å². The van der Waals surface area contributed by atoms with Crippen molar-refractivity contribution in [2.75, 3.05) is 6.54 Å². The number of halogens is 1. The molecule has 0 heterocycles. The zero-order chi connectivity index (χ0) is 23.8. The minimum absolute atomic E-state index is 0.0524. The first-order valence-corrected chi connectivity index (χ1v) is 12.1. The van der Waals surface area contributed by atoms with Gasteiger partial charge < -0.3 is 5.32 Å². The average Bonchev–Trinajstić information content (AvgIpc) is 2.82. The third-order valence-corrected chi connectivity index (χ3v) is 4.78. The van der Waals surface area contributed by atoms with Gasteiger partial charge >= 0.3 is 0 Å². The molecule has 0 aromatic heterocycles. The van der Waals surface area contributed by atoms with E-state index in [4.69, 9.17) is 0 Å². The van der Waals surface area contributed by atoms with Crippen LogP contribution in [0.25, 0.3) is 0 Å². The molecule has 0 unspecified atom stereocenters. The second-order valence-corrected chi connectivity index (χ2v) is 7.68. The van der Waals surface area contributed by atoms with Crippen molar-refractivity contribution in [2.24, 2.45) is 0 Å². The minimum Gasteiger partial charge on any atom is -0.356 e. The van der Waals surface area contributed by atoms with E-state index in [0.717, 1.165) is 50.5 Å². The number of allylic oxidation sites excluding steroid dienone is 12. The van der Waals surface area contributed by atoms with Gasteiger partial charge in [0.15, 0.2) is 0 Å². The van der Waals surface area contributed by atoms with Gasteiger partial charge in [-0.2, -0.15) is 0 Å². The van der Waals surface area contributed by atoms with Gasteiger partial charge in [-0.3, -0.25) is 4.79 Å². The summed E-state index contributed by atoms with van der Waals surface area (Å²) in [6.45, 7) is 2.73. The third kappa shape index (κ3) is 18.3. The molecule has 2 nitrogen and oxygen atoms in total. The molecule has 0 radical (unpaired) electrons. The number of carbonyl (C=O) groups excluding carboxylic acids is 1. The van der Waals surface area contributed by atoms with Crippen LogP contribution in [0, 0.1) is 5.82 Å². The quantitative estimate of drug-likeness (QED) is 0.240. The molecule has 0 aliphatic heterocycles. The van der Waals surface area contributed by atoms with Crippen molar-refractivity contribution < 1.29 is 9.18 Å². The predicted octanol–water partition coefficient (Wildman–Crippen LogP) is 7.96. The number of hydrogen-bond acceptors (Lipinski definition) is 1. The summed E-state index contributed by atoms with van der Waals surface area (Å²) >= 11 is 0. The third-order valence-electron chi connectivity index (χ3n) is 4.78. The lowest BCUT2D eigenvalue weighted by Crippen LogP contribution is -2.25. The fraction of sp³-hybridized carbons (Fsp3) is 0.367. The SMILES string of the molecule is CC/C=C/C/C=C/C/C=C/C/C=C/C/C=C/C/C=C/CCC(=O)NCCc1ccc(F)cc1. The van der Waals surface area contributed by atoms with Crippen LogP contribution in [0.2, 0.25) is 0 Å².